The van der Waals surface area contributed by atoms with Gasteiger partial charge in [-0.2, -0.15) is 5.26 Å². The van der Waals surface area contributed by atoms with Crippen LogP contribution in [-0.2, 0) is 9.59 Å². The van der Waals surface area contributed by atoms with Crippen molar-refractivity contribution >= 4 is 23.1 Å². The number of ketones is 1. The van der Waals surface area contributed by atoms with Crippen molar-refractivity contribution in [3.63, 3.8) is 0 Å². The number of carbonyl (C=O) groups excluding carboxylic acids is 2. The van der Waals surface area contributed by atoms with E-state index in [0.717, 1.165) is 6.42 Å². The molecule has 1 aromatic heterocycles. The number of benzene rings is 2. The van der Waals surface area contributed by atoms with Crippen LogP contribution in [-0.4, -0.2) is 28.4 Å². The van der Waals surface area contributed by atoms with Gasteiger partial charge < -0.3 is 9.84 Å². The van der Waals surface area contributed by atoms with Crippen LogP contribution in [0.25, 0.3) is 5.76 Å². The van der Waals surface area contributed by atoms with Crippen molar-refractivity contribution < 1.29 is 19.4 Å². The summed E-state index contributed by atoms with van der Waals surface area (Å²) < 4.78 is 5.58. The second kappa shape index (κ2) is 9.37. The average Bonchev–Trinajstić information content (AvgIpc) is 3.13. The normalized spacial score (nSPS) is 17.1. The zero-order valence-corrected chi connectivity index (χ0v) is 17.9. The quantitative estimate of drug-likeness (QED) is 0.348. The number of aromatic nitrogens is 1. The molecule has 164 valence electrons. The first kappa shape index (κ1) is 21.8. The minimum atomic E-state index is -0.873. The summed E-state index contributed by atoms with van der Waals surface area (Å²) in [6.07, 6.45) is 4.01. The van der Waals surface area contributed by atoms with E-state index in [2.05, 4.69) is 4.98 Å². The van der Waals surface area contributed by atoms with Gasteiger partial charge in [-0.25, -0.2) is 0 Å². The molecule has 1 atom stereocenters. The molecule has 1 saturated heterocycles. The van der Waals surface area contributed by atoms with E-state index in [1.807, 2.05) is 13.0 Å². The summed E-state index contributed by atoms with van der Waals surface area (Å²) in [6.45, 7) is 2.58. The molecule has 1 unspecified atom stereocenters. The summed E-state index contributed by atoms with van der Waals surface area (Å²) >= 11 is 0. The van der Waals surface area contributed by atoms with E-state index in [-0.39, 0.29) is 11.3 Å². The van der Waals surface area contributed by atoms with Gasteiger partial charge in [-0.05, 0) is 66.6 Å². The van der Waals surface area contributed by atoms with E-state index in [1.54, 1.807) is 73.1 Å². The SMILES string of the molecule is CCCOc1ccc(/C(O)=C2/C(=O)C(=O)N(c3ccc(C#N)cc3)C2c2cccnc2)cc1. The highest BCUT2D eigenvalue weighted by Gasteiger charge is 2.47. The van der Waals surface area contributed by atoms with E-state index < -0.39 is 17.7 Å². The number of aliphatic hydroxyl groups excluding tert-OH is 1. The fourth-order valence-corrected chi connectivity index (χ4v) is 3.73. The Balaban J connectivity index is 1.82. The number of amides is 1. The predicted molar refractivity (Wildman–Crippen MR) is 122 cm³/mol. The molecule has 1 fully saturated rings. The Bertz CT molecular complexity index is 1240. The lowest BCUT2D eigenvalue weighted by Gasteiger charge is -2.25. The van der Waals surface area contributed by atoms with Crippen molar-refractivity contribution in [3.05, 3.63) is 95.3 Å². The Kier molecular flexibility index (Phi) is 6.18. The Labute approximate surface area is 191 Å². The molecule has 0 bridgehead atoms. The third-order valence-corrected chi connectivity index (χ3v) is 5.32. The highest BCUT2D eigenvalue weighted by molar-refractivity contribution is 6.51. The minimum Gasteiger partial charge on any atom is -0.507 e. The molecule has 1 amide bonds. The molecule has 3 aromatic rings. The van der Waals surface area contributed by atoms with Crippen LogP contribution in [0.5, 0.6) is 5.75 Å². The first-order valence-corrected chi connectivity index (χ1v) is 10.5. The molecule has 0 aliphatic carbocycles. The van der Waals surface area contributed by atoms with Gasteiger partial charge in [0, 0.05) is 23.6 Å². The van der Waals surface area contributed by atoms with Gasteiger partial charge in [0.2, 0.25) is 0 Å². The van der Waals surface area contributed by atoms with Crippen LogP contribution in [0, 0.1) is 11.3 Å². The summed E-state index contributed by atoms with van der Waals surface area (Å²) in [5, 5.41) is 20.2. The third kappa shape index (κ3) is 4.19. The zero-order chi connectivity index (χ0) is 23.4. The van der Waals surface area contributed by atoms with Gasteiger partial charge in [-0.3, -0.25) is 19.5 Å². The van der Waals surface area contributed by atoms with Crippen molar-refractivity contribution in [1.82, 2.24) is 4.98 Å². The summed E-state index contributed by atoms with van der Waals surface area (Å²) in [5.41, 5.74) is 1.81. The molecule has 2 heterocycles. The van der Waals surface area contributed by atoms with Crippen LogP contribution in [0.1, 0.15) is 36.1 Å². The molecular formula is C26H21N3O4. The monoisotopic (exact) mass is 439 g/mol. The topological polar surface area (TPSA) is 104 Å². The van der Waals surface area contributed by atoms with Gasteiger partial charge in [0.15, 0.2) is 0 Å². The Morgan fingerprint density at radius 3 is 2.45 bits per heavy atom. The molecule has 0 saturated carbocycles. The fourth-order valence-electron chi connectivity index (χ4n) is 3.73. The molecule has 1 N–H and O–H groups in total. The number of Topliss-reactive ketones (excluding diaryl/α,β-unsaturated/α-hetero) is 1. The number of nitriles is 1. The van der Waals surface area contributed by atoms with E-state index in [0.29, 0.717) is 34.7 Å². The largest absolute Gasteiger partial charge is 0.507 e. The molecule has 4 rings (SSSR count). The summed E-state index contributed by atoms with van der Waals surface area (Å²) in [5.74, 6) is -1.19. The van der Waals surface area contributed by atoms with Crippen molar-refractivity contribution in [2.24, 2.45) is 0 Å². The van der Waals surface area contributed by atoms with Gasteiger partial charge in [0.1, 0.15) is 11.5 Å². The molecule has 2 aromatic carbocycles. The van der Waals surface area contributed by atoms with Gasteiger partial charge in [0.25, 0.3) is 11.7 Å². The first-order valence-electron chi connectivity index (χ1n) is 10.5. The molecule has 7 nitrogen and oxygen atoms in total. The van der Waals surface area contributed by atoms with Crippen molar-refractivity contribution in [2.45, 2.75) is 19.4 Å². The van der Waals surface area contributed by atoms with E-state index in [1.165, 1.54) is 4.90 Å². The van der Waals surface area contributed by atoms with Crippen LogP contribution in [0.2, 0.25) is 0 Å². The number of aliphatic hydroxyl groups is 1. The average molecular weight is 439 g/mol. The number of carbonyl (C=O) groups is 2. The third-order valence-electron chi connectivity index (χ3n) is 5.32. The number of pyridine rings is 1. The Morgan fingerprint density at radius 2 is 1.85 bits per heavy atom. The lowest BCUT2D eigenvalue weighted by Crippen LogP contribution is -2.29. The molecule has 33 heavy (non-hydrogen) atoms. The highest BCUT2D eigenvalue weighted by atomic mass is 16.5. The van der Waals surface area contributed by atoms with Gasteiger partial charge >= 0.3 is 0 Å². The number of anilines is 1. The van der Waals surface area contributed by atoms with Gasteiger partial charge in [-0.15, -0.1) is 0 Å². The van der Waals surface area contributed by atoms with E-state index in [4.69, 9.17) is 10.00 Å². The summed E-state index contributed by atoms with van der Waals surface area (Å²) in [7, 11) is 0. The smallest absolute Gasteiger partial charge is 0.300 e. The lowest BCUT2D eigenvalue weighted by molar-refractivity contribution is -0.132. The standard InChI is InChI=1S/C26H21N3O4/c1-2-14-33-21-11-7-18(8-12-21)24(30)22-23(19-4-3-13-28-16-19)29(26(32)25(22)31)20-9-5-17(15-27)6-10-20/h3-13,16,23,30H,2,14H2,1H3/b24-22-. The maximum atomic E-state index is 13.1. The molecule has 1 aliphatic rings. The second-order valence-electron chi connectivity index (χ2n) is 7.49. The van der Waals surface area contributed by atoms with Gasteiger partial charge in [0.05, 0.1) is 29.9 Å². The van der Waals surface area contributed by atoms with E-state index in [9.17, 15) is 14.7 Å². The van der Waals surface area contributed by atoms with Gasteiger partial charge in [-0.1, -0.05) is 13.0 Å². The molecule has 1 aliphatic heterocycles. The lowest BCUT2D eigenvalue weighted by atomic mass is 9.96. The van der Waals surface area contributed by atoms with Crippen molar-refractivity contribution in [3.8, 4) is 11.8 Å². The maximum Gasteiger partial charge on any atom is 0.300 e. The summed E-state index contributed by atoms with van der Waals surface area (Å²) in [6, 6.07) is 17.7. The number of rotatable bonds is 6. The number of ether oxygens (including phenoxy) is 1. The molecular weight excluding hydrogens is 418 g/mol. The first-order chi connectivity index (χ1) is 16.0. The molecule has 0 radical (unpaired) electrons. The number of hydrogen-bond donors (Lipinski definition) is 1. The maximum absolute atomic E-state index is 13.1. The predicted octanol–water partition coefficient (Wildman–Crippen LogP) is 4.37. The van der Waals surface area contributed by atoms with Crippen LogP contribution in [0.4, 0.5) is 5.69 Å². The van der Waals surface area contributed by atoms with Crippen LogP contribution >= 0.6 is 0 Å². The highest BCUT2D eigenvalue weighted by Crippen LogP contribution is 2.42. The fraction of sp³-hybridized carbons (Fsp3) is 0.154. The van der Waals surface area contributed by atoms with Crippen molar-refractivity contribution in [2.75, 3.05) is 11.5 Å². The number of nitrogens with zero attached hydrogens (tertiary/aromatic N) is 3. The van der Waals surface area contributed by atoms with Crippen LogP contribution in [0.15, 0.2) is 78.6 Å². The second-order valence-corrected chi connectivity index (χ2v) is 7.49. The Morgan fingerprint density at radius 1 is 1.12 bits per heavy atom. The minimum absolute atomic E-state index is 0.0282. The van der Waals surface area contributed by atoms with Crippen LogP contribution < -0.4 is 9.64 Å². The van der Waals surface area contributed by atoms with Crippen molar-refractivity contribution in [1.29, 1.82) is 5.26 Å². The number of hydrogen-bond acceptors (Lipinski definition) is 6. The van der Waals surface area contributed by atoms with E-state index >= 15 is 0 Å². The zero-order valence-electron chi connectivity index (χ0n) is 17.9. The Hall–Kier alpha value is -4.44. The van der Waals surface area contributed by atoms with Crippen LogP contribution in [0.3, 0.4) is 0 Å². The summed E-state index contributed by atoms with van der Waals surface area (Å²) in [4.78, 5) is 31.7. The molecule has 7 heteroatoms. The molecule has 0 spiro atoms.